The molecule has 0 radical (unpaired) electrons. The Bertz CT molecular complexity index is 1960. The second kappa shape index (κ2) is 27.3. The van der Waals surface area contributed by atoms with Gasteiger partial charge in [0, 0.05) is 51.4 Å². The van der Waals surface area contributed by atoms with Gasteiger partial charge in [-0.05, 0) is 121 Å². The van der Waals surface area contributed by atoms with Gasteiger partial charge in [0.2, 0.25) is 5.79 Å². The fraction of sp³-hybridized carbons (Fsp3) is 0.741. The topological polar surface area (TPSA) is 236 Å². The fourth-order valence-electron chi connectivity index (χ4n) is 10.5. The molecular formula is C54H84N2O15. The van der Waals surface area contributed by atoms with Crippen LogP contribution in [0.4, 0.5) is 4.79 Å². The Balaban J connectivity index is 1.75. The Kier molecular flexibility index (Phi) is 22.8. The van der Waals surface area contributed by atoms with Gasteiger partial charge < -0.3 is 43.9 Å². The number of ketones is 3. The highest BCUT2D eigenvalue weighted by molar-refractivity contribution is 6.39. The summed E-state index contributed by atoms with van der Waals surface area (Å²) in [5, 5.41) is 45.8. The Morgan fingerprint density at radius 1 is 0.887 bits per heavy atom. The number of rotatable bonds is 7. The number of cyclic esters (lactones) is 1. The number of ether oxygens (including phenoxy) is 5. The predicted octanol–water partition coefficient (Wildman–Crippen LogP) is 6.77. The van der Waals surface area contributed by atoms with Crippen LogP contribution in [0.15, 0.2) is 47.6 Å². The van der Waals surface area contributed by atoms with Crippen LogP contribution in [0, 0.1) is 35.5 Å². The molecule has 400 valence electrons. The van der Waals surface area contributed by atoms with Crippen LogP contribution < -0.4 is 0 Å². The van der Waals surface area contributed by atoms with Crippen LogP contribution in [0.2, 0.25) is 0 Å². The number of aliphatic hydroxyl groups is 3. The van der Waals surface area contributed by atoms with Gasteiger partial charge in [0.1, 0.15) is 30.1 Å². The highest BCUT2D eigenvalue weighted by Gasteiger charge is 2.53. The lowest BCUT2D eigenvalue weighted by molar-refractivity contribution is -0.266. The molecule has 2 saturated heterocycles. The van der Waals surface area contributed by atoms with Crippen molar-refractivity contribution in [3.63, 3.8) is 0 Å². The number of carbonyl (C=O) groups excluding carboxylic acids is 6. The maximum absolute atomic E-state index is 14.5. The lowest BCUT2D eigenvalue weighted by atomic mass is 9.78. The Hall–Kier alpha value is -4.10. The number of allylic oxidation sites excluding steroid dienone is 6. The lowest BCUT2D eigenvalue weighted by Gasteiger charge is -2.43. The van der Waals surface area contributed by atoms with Crippen molar-refractivity contribution < 1.29 is 73.0 Å². The highest BCUT2D eigenvalue weighted by atomic mass is 16.6. The summed E-state index contributed by atoms with van der Waals surface area (Å²) >= 11 is 0. The summed E-state index contributed by atoms with van der Waals surface area (Å²) < 4.78 is 28.8. The first-order chi connectivity index (χ1) is 33.4. The third-order valence-corrected chi connectivity index (χ3v) is 15.0. The zero-order valence-corrected chi connectivity index (χ0v) is 44.0. The third kappa shape index (κ3) is 15.9. The number of Topliss-reactive ketones (excluding diaryl/α,β-unsaturated/α-hetero) is 3. The van der Waals surface area contributed by atoms with Crippen LogP contribution in [-0.2, 0) is 47.7 Å². The Morgan fingerprint density at radius 3 is 2.25 bits per heavy atom. The van der Waals surface area contributed by atoms with E-state index >= 15 is 0 Å². The van der Waals surface area contributed by atoms with Gasteiger partial charge in [0.15, 0.2) is 5.78 Å². The first kappa shape index (κ1) is 59.5. The molecule has 0 aromatic rings. The van der Waals surface area contributed by atoms with E-state index in [1.165, 1.54) is 7.11 Å². The van der Waals surface area contributed by atoms with Gasteiger partial charge in [0.25, 0.3) is 11.7 Å². The molecule has 17 heteroatoms. The monoisotopic (exact) mass is 1000 g/mol. The summed E-state index contributed by atoms with van der Waals surface area (Å²) in [7, 11) is 2.90. The normalized spacial score (nSPS) is 37.9. The number of hydroxylamine groups is 2. The number of methoxy groups -OCH3 is 2. The molecule has 3 heterocycles. The van der Waals surface area contributed by atoms with E-state index in [1.54, 1.807) is 86.0 Å². The molecule has 71 heavy (non-hydrogen) atoms. The zero-order valence-electron chi connectivity index (χ0n) is 44.0. The Morgan fingerprint density at radius 2 is 1.59 bits per heavy atom. The minimum atomic E-state index is -2.62. The summed E-state index contributed by atoms with van der Waals surface area (Å²) in [6.45, 7) is 15.5. The van der Waals surface area contributed by atoms with Crippen molar-refractivity contribution in [2.75, 3.05) is 20.8 Å². The van der Waals surface area contributed by atoms with E-state index in [0.717, 1.165) is 4.90 Å². The smallest absolute Gasteiger partial charge is 0.434 e. The molecule has 17 nitrogen and oxygen atoms in total. The van der Waals surface area contributed by atoms with Crippen LogP contribution in [-0.4, -0.2) is 147 Å². The van der Waals surface area contributed by atoms with E-state index in [4.69, 9.17) is 23.7 Å². The maximum atomic E-state index is 14.5. The molecule has 1 aliphatic carbocycles. The second-order valence-electron chi connectivity index (χ2n) is 21.2. The van der Waals surface area contributed by atoms with Crippen LogP contribution in [0.3, 0.4) is 0 Å². The largest absolute Gasteiger partial charge is 0.460 e. The average Bonchev–Trinajstić information content (AvgIpc) is 3.33. The van der Waals surface area contributed by atoms with Gasteiger partial charge >= 0.3 is 12.1 Å². The summed E-state index contributed by atoms with van der Waals surface area (Å²) in [5.74, 6) is -8.95. The maximum Gasteiger partial charge on any atom is 0.434 e. The molecule has 2 amide bonds. The second-order valence-corrected chi connectivity index (χ2v) is 21.2. The van der Waals surface area contributed by atoms with E-state index in [9.17, 15) is 49.3 Å². The summed E-state index contributed by atoms with van der Waals surface area (Å²) in [6, 6.07) is -2.27. The summed E-state index contributed by atoms with van der Waals surface area (Å²) in [5.41, 5.74) is 0.857. The molecule has 3 fully saturated rings. The minimum Gasteiger partial charge on any atom is -0.460 e. The number of nitrogens with zero attached hydrogens (tertiary/aromatic N) is 2. The number of aliphatic hydroxyl groups excluding tert-OH is 2. The van der Waals surface area contributed by atoms with Crippen molar-refractivity contribution in [3.8, 4) is 0 Å². The van der Waals surface area contributed by atoms with Crippen molar-refractivity contribution in [2.45, 2.75) is 200 Å². The van der Waals surface area contributed by atoms with Crippen molar-refractivity contribution >= 4 is 35.3 Å². The molecule has 4 aliphatic rings. The average molecular weight is 1000 g/mol. The van der Waals surface area contributed by atoms with Crippen molar-refractivity contribution in [2.24, 2.45) is 35.5 Å². The van der Waals surface area contributed by atoms with Gasteiger partial charge in [-0.1, -0.05) is 71.1 Å². The van der Waals surface area contributed by atoms with E-state index < -0.39 is 96.0 Å². The quantitative estimate of drug-likeness (QED) is 0.0677. The van der Waals surface area contributed by atoms with Crippen LogP contribution in [0.1, 0.15) is 139 Å². The molecule has 0 aromatic carbocycles. The van der Waals surface area contributed by atoms with E-state index in [-0.39, 0.29) is 67.7 Å². The molecule has 4 rings (SSSR count). The SMILES string of the molecule is CO[C@@H]1C[C@H](C[C@@H](C)[C@@H]2CC(=O)[C@H](C)/C=C(\C)[C@@H](O)[C@@H](OC)C(=O)[C@H](C)C[C@H](C)/C=C/C=C/C=C(\C)[C@@H](N(O)C(=O)OC(C)C)C[C@@H]3CC[C@@H](C)[C@@](O)(O3)C(=O)C(=O)N3CCCC[C@H]3C(=O)O2)CC[C@H]1O. The van der Waals surface area contributed by atoms with Gasteiger partial charge in [-0.3, -0.25) is 24.4 Å². The number of piperidine rings is 1. The summed E-state index contributed by atoms with van der Waals surface area (Å²) in [6.07, 6.45) is 7.55. The number of hydrogen-bond donors (Lipinski definition) is 4. The van der Waals surface area contributed by atoms with Gasteiger partial charge in [0.05, 0.1) is 30.5 Å². The third-order valence-electron chi connectivity index (χ3n) is 15.0. The lowest BCUT2D eigenvalue weighted by Crippen LogP contribution is -2.61. The first-order valence-electron chi connectivity index (χ1n) is 25.8. The van der Waals surface area contributed by atoms with Crippen molar-refractivity contribution in [1.29, 1.82) is 0 Å². The molecule has 15 atom stereocenters. The number of esters is 1. The molecule has 3 aliphatic heterocycles. The van der Waals surface area contributed by atoms with E-state index in [1.807, 2.05) is 19.9 Å². The van der Waals surface area contributed by atoms with Crippen molar-refractivity contribution in [3.05, 3.63) is 47.6 Å². The van der Waals surface area contributed by atoms with Gasteiger partial charge in [-0.15, -0.1) is 0 Å². The molecule has 2 bridgehead atoms. The van der Waals surface area contributed by atoms with E-state index in [0.29, 0.717) is 67.6 Å². The molecule has 0 aromatic heterocycles. The minimum absolute atomic E-state index is 0.0124. The molecular weight excluding hydrogens is 917 g/mol. The fourth-order valence-corrected chi connectivity index (χ4v) is 10.5. The molecule has 0 unspecified atom stereocenters. The Labute approximate surface area is 420 Å². The van der Waals surface area contributed by atoms with E-state index in [2.05, 4.69) is 0 Å². The number of hydrogen-bond acceptors (Lipinski definition) is 15. The number of fused-ring (bicyclic) bond motifs is 3. The van der Waals surface area contributed by atoms with Crippen molar-refractivity contribution in [1.82, 2.24) is 9.96 Å². The van der Waals surface area contributed by atoms with Gasteiger partial charge in [-0.2, -0.15) is 5.06 Å². The standard InChI is InChI=1S/C54H84N2O15/c1-31(2)69-53(64)56(66)42-29-40-22-20-38(9)54(65,71-40)50(61)51(62)55-24-16-15-19-41(55)52(63)70-45(35(6)27-39-21-23-43(57)46(28-39)67-10)30-44(58)34(5)26-37(8)48(60)49(68-11)47(59)36(7)25-32(3)17-13-12-14-18-33(42)4/h12-14,17-18,26,31-32,34-36,38-43,45-46,48-49,57,60,65-66H,15-16,19-25,27-30H2,1-11H3/b14-12+,17-13+,33-18+,37-26+/t32-,34-,35-,36-,38-,39+,40+,41+,42+,43-,45+,46-,48-,49+,54-/m1/s1. The zero-order chi connectivity index (χ0) is 52.9. The van der Waals surface area contributed by atoms with Crippen LogP contribution in [0.25, 0.3) is 0 Å². The number of amides is 2. The molecule has 0 spiro atoms. The van der Waals surface area contributed by atoms with Crippen LogP contribution >= 0.6 is 0 Å². The number of carbonyl (C=O) groups is 6. The summed E-state index contributed by atoms with van der Waals surface area (Å²) in [4.78, 5) is 85.4. The first-order valence-corrected chi connectivity index (χ1v) is 25.8. The molecule has 4 N–H and O–H groups in total. The van der Waals surface area contributed by atoms with Crippen LogP contribution in [0.5, 0.6) is 0 Å². The predicted molar refractivity (Wildman–Crippen MR) is 263 cm³/mol. The highest BCUT2D eigenvalue weighted by Crippen LogP contribution is 2.38. The molecule has 1 saturated carbocycles. The van der Waals surface area contributed by atoms with Gasteiger partial charge in [-0.25, -0.2) is 9.59 Å².